The van der Waals surface area contributed by atoms with Crippen molar-refractivity contribution in [2.45, 2.75) is 37.2 Å². The van der Waals surface area contributed by atoms with E-state index in [1.54, 1.807) is 32.2 Å². The minimum atomic E-state index is -0.0729. The van der Waals surface area contributed by atoms with Crippen molar-refractivity contribution in [1.82, 2.24) is 4.90 Å². The van der Waals surface area contributed by atoms with Crippen LogP contribution in [-0.2, 0) is 20.8 Å². The molecule has 1 aromatic carbocycles. The fourth-order valence-electron chi connectivity index (χ4n) is 3.27. The van der Waals surface area contributed by atoms with Crippen molar-refractivity contribution in [2.75, 3.05) is 28.3 Å². The molecule has 0 aromatic heterocycles. The molecule has 1 saturated heterocycles. The summed E-state index contributed by atoms with van der Waals surface area (Å²) in [5, 5.41) is 0.978. The summed E-state index contributed by atoms with van der Waals surface area (Å²) in [6, 6.07) is 7.94. The van der Waals surface area contributed by atoms with Gasteiger partial charge >= 0.3 is 0 Å². The van der Waals surface area contributed by atoms with Gasteiger partial charge in [-0.05, 0) is 23.8 Å². The first-order chi connectivity index (χ1) is 13.0. The molecule has 0 bridgehead atoms. The summed E-state index contributed by atoms with van der Waals surface area (Å²) in [7, 11) is 7.31. The molecular formula is C20H28N2O4S. The molecular weight excluding hydrogens is 364 g/mol. The normalized spacial score (nSPS) is 30.1. The van der Waals surface area contributed by atoms with E-state index in [1.165, 1.54) is 0 Å². The van der Waals surface area contributed by atoms with Crippen LogP contribution in [0, 0.1) is 5.92 Å². The summed E-state index contributed by atoms with van der Waals surface area (Å²) >= 11 is 1.65. The molecule has 0 amide bonds. The smallest absolute Gasteiger partial charge is 0.161 e. The van der Waals surface area contributed by atoms with Crippen LogP contribution in [0.25, 0.3) is 0 Å². The van der Waals surface area contributed by atoms with E-state index in [9.17, 15) is 0 Å². The molecule has 27 heavy (non-hydrogen) atoms. The average molecular weight is 393 g/mol. The number of hydrogen-bond donors (Lipinski definition) is 0. The van der Waals surface area contributed by atoms with Crippen molar-refractivity contribution in [3.05, 3.63) is 42.2 Å². The minimum Gasteiger partial charge on any atom is -0.505 e. The van der Waals surface area contributed by atoms with Gasteiger partial charge in [-0.1, -0.05) is 30.8 Å². The molecule has 5 atom stereocenters. The zero-order chi connectivity index (χ0) is 19.4. The number of hydrogen-bond acceptors (Lipinski definition) is 7. The number of rotatable bonds is 6. The van der Waals surface area contributed by atoms with E-state index < -0.39 is 0 Å². The van der Waals surface area contributed by atoms with Crippen molar-refractivity contribution in [2.24, 2.45) is 10.9 Å². The maximum atomic E-state index is 6.37. The molecule has 6 nitrogen and oxygen atoms in total. The van der Waals surface area contributed by atoms with Gasteiger partial charge in [-0.25, -0.2) is 0 Å². The summed E-state index contributed by atoms with van der Waals surface area (Å²) in [4.78, 5) is 6.90. The Labute approximate surface area is 165 Å². The van der Waals surface area contributed by atoms with Gasteiger partial charge in [-0.2, -0.15) is 0 Å². The van der Waals surface area contributed by atoms with Gasteiger partial charge in [0.1, 0.15) is 17.2 Å². The van der Waals surface area contributed by atoms with Crippen LogP contribution in [0.2, 0.25) is 0 Å². The third-order valence-corrected chi connectivity index (χ3v) is 6.12. The monoisotopic (exact) mass is 392 g/mol. The van der Waals surface area contributed by atoms with Crippen LogP contribution < -0.4 is 4.74 Å². The van der Waals surface area contributed by atoms with Crippen molar-refractivity contribution >= 4 is 16.9 Å². The summed E-state index contributed by atoms with van der Waals surface area (Å²) in [5.41, 5.74) is 1.06. The molecule has 3 rings (SSSR count). The first-order valence-electron chi connectivity index (χ1n) is 9.04. The predicted octanol–water partition coefficient (Wildman–Crippen LogP) is 3.13. The average Bonchev–Trinajstić information content (AvgIpc) is 3.10. The number of benzene rings is 1. The Morgan fingerprint density at radius 2 is 1.96 bits per heavy atom. The lowest BCUT2D eigenvalue weighted by Crippen LogP contribution is -2.50. The third kappa shape index (κ3) is 4.59. The van der Waals surface area contributed by atoms with Gasteiger partial charge in [-0.3, -0.25) is 4.99 Å². The van der Waals surface area contributed by atoms with E-state index in [1.807, 2.05) is 49.3 Å². The molecule has 0 aliphatic carbocycles. The first-order valence-corrected chi connectivity index (χ1v) is 9.92. The van der Waals surface area contributed by atoms with Crippen LogP contribution in [0.1, 0.15) is 12.5 Å². The van der Waals surface area contributed by atoms with Crippen LogP contribution in [0.5, 0.6) is 5.75 Å². The number of thioether (sulfide) groups is 1. The number of nitrogens with zero attached hydrogens (tertiary/aromatic N) is 2. The highest BCUT2D eigenvalue weighted by atomic mass is 32.2. The summed E-state index contributed by atoms with van der Waals surface area (Å²) in [6.07, 6.45) is 3.52. The molecule has 1 fully saturated rings. The van der Waals surface area contributed by atoms with E-state index in [4.69, 9.17) is 23.9 Å². The van der Waals surface area contributed by atoms with Gasteiger partial charge in [0.25, 0.3) is 0 Å². The molecule has 0 radical (unpaired) electrons. The maximum Gasteiger partial charge on any atom is 0.161 e. The summed E-state index contributed by atoms with van der Waals surface area (Å²) in [6.45, 7) is 2.67. The van der Waals surface area contributed by atoms with Crippen LogP contribution in [-0.4, -0.2) is 62.1 Å². The zero-order valence-electron chi connectivity index (χ0n) is 16.5. The van der Waals surface area contributed by atoms with E-state index in [-0.39, 0.29) is 29.6 Å². The predicted molar refractivity (Wildman–Crippen MR) is 108 cm³/mol. The number of fused-ring (bicyclic) bond motifs is 1. The van der Waals surface area contributed by atoms with Gasteiger partial charge in [0.2, 0.25) is 0 Å². The van der Waals surface area contributed by atoms with Crippen molar-refractivity contribution in [3.63, 3.8) is 0 Å². The second-order valence-electron chi connectivity index (χ2n) is 6.93. The second-order valence-corrected chi connectivity index (χ2v) is 8.00. The lowest BCUT2D eigenvalue weighted by Gasteiger charge is -2.40. The Morgan fingerprint density at radius 3 is 2.59 bits per heavy atom. The van der Waals surface area contributed by atoms with Gasteiger partial charge < -0.3 is 23.8 Å². The maximum absolute atomic E-state index is 6.37. The highest BCUT2D eigenvalue weighted by Gasteiger charge is 2.48. The zero-order valence-corrected chi connectivity index (χ0v) is 17.3. The van der Waals surface area contributed by atoms with Crippen LogP contribution in [0.4, 0.5) is 0 Å². The van der Waals surface area contributed by atoms with E-state index in [0.29, 0.717) is 6.61 Å². The Kier molecular flexibility index (Phi) is 6.68. The molecule has 0 spiro atoms. The minimum absolute atomic E-state index is 0.0205. The SMILES string of the molecule is CO/C=C/[C@H]1O[C@@H]2SC(N(C)C)=N[C@@H]2[C@@H](OCc2ccc(OC)cc2)[C@@H]1C. The summed E-state index contributed by atoms with van der Waals surface area (Å²) in [5.74, 6) is 0.997. The van der Waals surface area contributed by atoms with Crippen molar-refractivity contribution in [1.29, 1.82) is 0 Å². The standard InChI is InChI=1S/C20H28N2O4S/c1-13-16(10-11-23-4)26-19-17(21-20(27-19)22(2)3)18(13)25-12-14-6-8-15(24-5)9-7-14/h6-11,13,16-19H,12H2,1-5H3/b11-10+/t13-,16-,17-,18+,19-/m1/s1. The molecule has 2 aliphatic heterocycles. The van der Waals surface area contributed by atoms with Crippen LogP contribution in [0.15, 0.2) is 41.6 Å². The largest absolute Gasteiger partial charge is 0.505 e. The molecule has 7 heteroatoms. The van der Waals surface area contributed by atoms with Gasteiger partial charge in [0, 0.05) is 20.0 Å². The number of methoxy groups -OCH3 is 2. The summed E-state index contributed by atoms with van der Waals surface area (Å²) < 4.78 is 23.0. The number of amidine groups is 1. The molecule has 0 saturated carbocycles. The number of aliphatic imine (C=N–C) groups is 1. The van der Waals surface area contributed by atoms with Crippen LogP contribution in [0.3, 0.4) is 0 Å². The molecule has 1 aromatic rings. The van der Waals surface area contributed by atoms with Gasteiger partial charge in [0.05, 0.1) is 39.3 Å². The quantitative estimate of drug-likeness (QED) is 0.694. The lowest BCUT2D eigenvalue weighted by molar-refractivity contribution is -0.121. The fourth-order valence-corrected chi connectivity index (χ4v) is 4.41. The second kappa shape index (κ2) is 8.99. The third-order valence-electron chi connectivity index (χ3n) is 4.81. The Balaban J connectivity index is 1.75. The molecule has 148 valence electrons. The molecule has 2 heterocycles. The van der Waals surface area contributed by atoms with Gasteiger partial charge in [-0.15, -0.1) is 0 Å². The van der Waals surface area contributed by atoms with Gasteiger partial charge in [0.15, 0.2) is 5.17 Å². The Morgan fingerprint density at radius 1 is 1.22 bits per heavy atom. The molecule has 2 aliphatic rings. The topological polar surface area (TPSA) is 52.5 Å². The Bertz CT molecular complexity index is 677. The molecule has 0 unspecified atom stereocenters. The fraction of sp³-hybridized carbons (Fsp3) is 0.550. The highest BCUT2D eigenvalue weighted by Crippen LogP contribution is 2.41. The van der Waals surface area contributed by atoms with E-state index in [0.717, 1.165) is 16.5 Å². The van der Waals surface area contributed by atoms with Crippen molar-refractivity contribution in [3.8, 4) is 5.75 Å². The van der Waals surface area contributed by atoms with Crippen LogP contribution >= 0.6 is 11.8 Å². The Hall–Kier alpha value is -1.70. The van der Waals surface area contributed by atoms with E-state index >= 15 is 0 Å². The lowest BCUT2D eigenvalue weighted by atomic mass is 9.90. The van der Waals surface area contributed by atoms with Crippen molar-refractivity contribution < 1.29 is 18.9 Å². The highest BCUT2D eigenvalue weighted by molar-refractivity contribution is 8.14. The molecule has 0 N–H and O–H groups in total. The van der Waals surface area contributed by atoms with E-state index in [2.05, 4.69) is 6.92 Å². The number of ether oxygens (including phenoxy) is 4. The first kappa shape index (κ1) is 20.0.